The summed E-state index contributed by atoms with van der Waals surface area (Å²) in [5.41, 5.74) is 1.57. The second kappa shape index (κ2) is 12.0. The van der Waals surface area contributed by atoms with Crippen LogP contribution in [0.4, 0.5) is 0 Å². The molecular weight excluding hydrogens is 667 g/mol. The summed E-state index contributed by atoms with van der Waals surface area (Å²) in [4.78, 5) is 61.0. The zero-order chi connectivity index (χ0) is 30.4. The Morgan fingerprint density at radius 1 is 1.17 bits per heavy atom. The molecule has 3 aromatic heterocycles. The topological polar surface area (TPSA) is 263 Å². The van der Waals surface area contributed by atoms with Gasteiger partial charge in [-0.2, -0.15) is 20.0 Å². The average molecular weight is 689 g/mol. The molecule has 0 saturated carbocycles. The molecule has 7 atom stereocenters. The van der Waals surface area contributed by atoms with E-state index in [2.05, 4.69) is 28.9 Å². The molecule has 2 aliphatic rings. The van der Waals surface area contributed by atoms with Gasteiger partial charge in [-0.15, -0.1) is 0 Å². The molecule has 5 rings (SSSR count). The Bertz CT molecular complexity index is 1680. The Labute approximate surface area is 244 Å². The van der Waals surface area contributed by atoms with Crippen molar-refractivity contribution in [1.82, 2.24) is 24.8 Å². The van der Waals surface area contributed by atoms with E-state index in [1.165, 1.54) is 22.2 Å². The molecule has 2 saturated heterocycles. The largest absolute Gasteiger partial charge is 0.490 e. The molecule has 2 aliphatic heterocycles. The van der Waals surface area contributed by atoms with E-state index < -0.39 is 66.8 Å². The predicted octanol–water partition coefficient (Wildman–Crippen LogP) is 1.53. The highest BCUT2D eigenvalue weighted by atomic mass is 32.1. The number of nitrogens with one attached hydrogen (secondary N) is 2. The van der Waals surface area contributed by atoms with Crippen molar-refractivity contribution in [2.75, 3.05) is 6.61 Å². The third-order valence-electron chi connectivity index (χ3n) is 5.76. The number of hydrogen-bond acceptors (Lipinski definition) is 14. The van der Waals surface area contributed by atoms with Gasteiger partial charge in [-0.1, -0.05) is 12.2 Å². The van der Waals surface area contributed by atoms with Crippen molar-refractivity contribution in [2.24, 2.45) is 0 Å². The lowest BCUT2D eigenvalue weighted by Crippen LogP contribution is -2.37. The van der Waals surface area contributed by atoms with E-state index in [1.807, 2.05) is 16.8 Å². The second-order valence-electron chi connectivity index (χ2n) is 8.81. The fraction of sp³-hybridized carbons (Fsp3) is 0.444. The van der Waals surface area contributed by atoms with Crippen LogP contribution in [0.2, 0.25) is 0 Å². The van der Waals surface area contributed by atoms with Crippen LogP contribution in [-0.4, -0.2) is 76.2 Å². The van der Waals surface area contributed by atoms with E-state index in [4.69, 9.17) is 40.7 Å². The van der Waals surface area contributed by atoms with E-state index in [9.17, 15) is 28.3 Å². The number of phosphoric acid groups is 3. The number of fused-ring (bicyclic) bond motifs is 2. The standard InChI is InChI=1S/C18H22N5O14P3S2/c1-8-21-14-11(16(41)22-8)20-7-23(14)17-13-12(34-18(35-13)15(24)19-4-9-2-3-42-6-9)10(33-17)5-32-39(28,29)37-40(30,31)36-38(25,26)27/h2-3,6-7,10,12-13,17-18H,4-5H2,1H3,(H,19,24)(H,28,29)(H,30,31)(H,21,22,41)(H2,25,26,27). The van der Waals surface area contributed by atoms with E-state index in [-0.39, 0.29) is 11.2 Å². The van der Waals surface area contributed by atoms with Gasteiger partial charge in [0.2, 0.25) is 6.29 Å². The summed E-state index contributed by atoms with van der Waals surface area (Å²) in [5, 5.41) is 6.37. The number of amides is 1. The van der Waals surface area contributed by atoms with Gasteiger partial charge >= 0.3 is 23.5 Å². The molecule has 42 heavy (non-hydrogen) atoms. The lowest BCUT2D eigenvalue weighted by Gasteiger charge is -2.22. The van der Waals surface area contributed by atoms with Crippen LogP contribution in [0.1, 0.15) is 17.6 Å². The number of H-pyrrole nitrogens is 1. The minimum Gasteiger partial charge on any atom is -0.348 e. The molecular formula is C18H22N5O14P3S2. The zero-order valence-corrected chi connectivity index (χ0v) is 25.3. The quantitative estimate of drug-likeness (QED) is 0.123. The first kappa shape index (κ1) is 31.6. The van der Waals surface area contributed by atoms with Crippen LogP contribution in [0.5, 0.6) is 0 Å². The van der Waals surface area contributed by atoms with Crippen LogP contribution < -0.4 is 5.32 Å². The molecule has 2 fully saturated rings. The summed E-state index contributed by atoms with van der Waals surface area (Å²) < 4.78 is 66.5. The van der Waals surface area contributed by atoms with Gasteiger partial charge in [0.05, 0.1) is 12.9 Å². The van der Waals surface area contributed by atoms with E-state index in [1.54, 1.807) is 6.92 Å². The molecule has 6 N–H and O–H groups in total. The number of ether oxygens (including phenoxy) is 3. The number of imidazole rings is 1. The SMILES string of the molecule is Cc1nc(=S)c2ncn(C3OC(COP(=O)(O)OP(=O)(O)OP(=O)(O)O)C4OC(C(=O)NCc5ccsc5)OC43)c2[nH]1. The van der Waals surface area contributed by atoms with Gasteiger partial charge in [0.15, 0.2) is 10.9 Å². The molecule has 3 aromatic rings. The molecule has 0 radical (unpaired) electrons. The monoisotopic (exact) mass is 689 g/mol. The first-order valence-electron chi connectivity index (χ1n) is 11.6. The van der Waals surface area contributed by atoms with E-state index in [0.717, 1.165) is 5.56 Å². The summed E-state index contributed by atoms with van der Waals surface area (Å²) in [6, 6.07) is 1.82. The van der Waals surface area contributed by atoms with Crippen LogP contribution in [0.3, 0.4) is 0 Å². The number of carbonyl (C=O) groups excluding carboxylic acids is 1. The Kier molecular flexibility index (Phi) is 9.01. The number of hydrogen-bond donors (Lipinski definition) is 6. The first-order valence-corrected chi connectivity index (χ1v) is 17.4. The lowest BCUT2D eigenvalue weighted by molar-refractivity contribution is -0.171. The van der Waals surface area contributed by atoms with E-state index >= 15 is 0 Å². The van der Waals surface area contributed by atoms with Crippen molar-refractivity contribution < 1.29 is 65.4 Å². The second-order valence-corrected chi connectivity index (χ2v) is 14.4. The molecule has 0 bridgehead atoms. The van der Waals surface area contributed by atoms with Gasteiger partial charge in [0.25, 0.3) is 5.91 Å². The number of phosphoric ester groups is 1. The van der Waals surface area contributed by atoms with Gasteiger partial charge in [0.1, 0.15) is 35.3 Å². The van der Waals surface area contributed by atoms with Crippen molar-refractivity contribution in [3.05, 3.63) is 39.2 Å². The maximum atomic E-state index is 12.8. The van der Waals surface area contributed by atoms with Crippen molar-refractivity contribution in [2.45, 2.75) is 44.3 Å². The summed E-state index contributed by atoms with van der Waals surface area (Å²) in [6.45, 7) is 1.03. The van der Waals surface area contributed by atoms with E-state index in [0.29, 0.717) is 17.0 Å². The molecule has 19 nitrogen and oxygen atoms in total. The minimum absolute atomic E-state index is 0.200. The Balaban J connectivity index is 1.36. The normalized spacial score (nSPS) is 27.0. The zero-order valence-electron chi connectivity index (χ0n) is 21.0. The summed E-state index contributed by atoms with van der Waals surface area (Å²) in [7, 11) is -16.8. The fourth-order valence-corrected chi connectivity index (χ4v) is 8.18. The van der Waals surface area contributed by atoms with Gasteiger partial charge in [-0.3, -0.25) is 13.9 Å². The maximum absolute atomic E-state index is 12.8. The van der Waals surface area contributed by atoms with Crippen molar-refractivity contribution in [3.63, 3.8) is 0 Å². The number of aromatic amines is 1. The number of carbonyl (C=O) groups is 1. The molecule has 0 aromatic carbocycles. The van der Waals surface area contributed by atoms with Crippen LogP contribution in [0, 0.1) is 11.6 Å². The van der Waals surface area contributed by atoms with Gasteiger partial charge in [-0.05, 0) is 29.3 Å². The molecule has 1 amide bonds. The third-order valence-corrected chi connectivity index (χ3v) is 10.6. The van der Waals surface area contributed by atoms with Crippen molar-refractivity contribution >= 4 is 64.1 Å². The van der Waals surface area contributed by atoms with Crippen LogP contribution in [-0.2, 0) is 52.4 Å². The first-order chi connectivity index (χ1) is 19.6. The minimum atomic E-state index is -5.74. The summed E-state index contributed by atoms with van der Waals surface area (Å²) in [5.74, 6) is -0.154. The Hall–Kier alpha value is -1.77. The molecule has 24 heteroatoms. The van der Waals surface area contributed by atoms with Crippen molar-refractivity contribution in [1.29, 1.82) is 0 Å². The predicted molar refractivity (Wildman–Crippen MR) is 141 cm³/mol. The number of rotatable bonds is 11. The number of aryl methyl sites for hydroxylation is 1. The number of aromatic nitrogens is 4. The molecule has 5 heterocycles. The Morgan fingerprint density at radius 3 is 2.60 bits per heavy atom. The highest BCUT2D eigenvalue weighted by molar-refractivity contribution is 7.71. The van der Waals surface area contributed by atoms with Gasteiger partial charge in [0, 0.05) is 6.54 Å². The molecule has 230 valence electrons. The van der Waals surface area contributed by atoms with Gasteiger partial charge in [-0.25, -0.2) is 23.7 Å². The lowest BCUT2D eigenvalue weighted by atomic mass is 10.1. The number of nitrogens with zero attached hydrogens (tertiary/aromatic N) is 3. The molecule has 0 aliphatic carbocycles. The average Bonchev–Trinajstić information content (AvgIpc) is 3.63. The number of thiophene rings is 1. The Morgan fingerprint density at radius 2 is 1.90 bits per heavy atom. The van der Waals surface area contributed by atoms with Crippen LogP contribution in [0.25, 0.3) is 11.2 Å². The summed E-state index contributed by atoms with van der Waals surface area (Å²) >= 11 is 6.72. The van der Waals surface area contributed by atoms with Crippen LogP contribution >= 0.6 is 47.0 Å². The highest BCUT2D eigenvalue weighted by Crippen LogP contribution is 2.66. The van der Waals surface area contributed by atoms with Crippen LogP contribution in [0.15, 0.2) is 23.2 Å². The van der Waals surface area contributed by atoms with Gasteiger partial charge < -0.3 is 44.1 Å². The molecule has 0 spiro atoms. The molecule has 7 unspecified atom stereocenters. The fourth-order valence-electron chi connectivity index (χ4n) is 4.19. The van der Waals surface area contributed by atoms with Crippen molar-refractivity contribution in [3.8, 4) is 0 Å². The summed E-state index contributed by atoms with van der Waals surface area (Å²) in [6.07, 6.45) is -4.46. The third kappa shape index (κ3) is 7.29. The maximum Gasteiger partial charge on any atom is 0.490 e. The smallest absolute Gasteiger partial charge is 0.348 e. The highest BCUT2D eigenvalue weighted by Gasteiger charge is 2.56.